The molecule has 1 aromatic carbocycles. The van der Waals surface area contributed by atoms with Crippen LogP contribution in [0.25, 0.3) is 0 Å². The van der Waals surface area contributed by atoms with Crippen LogP contribution in [0.5, 0.6) is 0 Å². The molecule has 2 heterocycles. The smallest absolute Gasteiger partial charge is 0.340 e. The fraction of sp³-hybridized carbons (Fsp3) is 0.458. The number of hydrogen-bond acceptors (Lipinski definition) is 4. The van der Waals surface area contributed by atoms with Gasteiger partial charge in [0.05, 0.1) is 17.0 Å². The van der Waals surface area contributed by atoms with E-state index in [2.05, 4.69) is 0 Å². The molecular formula is C24H29NO5. The van der Waals surface area contributed by atoms with Crippen molar-refractivity contribution in [1.82, 2.24) is 4.57 Å². The highest BCUT2D eigenvalue weighted by atomic mass is 16.6. The lowest BCUT2D eigenvalue weighted by Gasteiger charge is -2.38. The molecule has 1 atom stereocenters. The van der Waals surface area contributed by atoms with Crippen molar-refractivity contribution in [2.45, 2.75) is 65.5 Å². The minimum atomic E-state index is -1.31. The van der Waals surface area contributed by atoms with Gasteiger partial charge in [-0.25, -0.2) is 4.79 Å². The first-order chi connectivity index (χ1) is 13.8. The third-order valence-electron chi connectivity index (χ3n) is 5.74. The molecule has 1 aliphatic rings. The molecule has 1 N–H and O–H groups in total. The average molecular weight is 411 g/mol. The highest BCUT2D eigenvalue weighted by Gasteiger charge is 2.57. The van der Waals surface area contributed by atoms with Gasteiger partial charge in [-0.15, -0.1) is 0 Å². The van der Waals surface area contributed by atoms with E-state index in [0.717, 1.165) is 0 Å². The average Bonchev–Trinajstić information content (AvgIpc) is 3.18. The molecule has 1 aromatic heterocycles. The van der Waals surface area contributed by atoms with Crippen molar-refractivity contribution in [3.05, 3.63) is 58.9 Å². The van der Waals surface area contributed by atoms with E-state index in [4.69, 9.17) is 4.74 Å². The van der Waals surface area contributed by atoms with Gasteiger partial charge in [-0.05, 0) is 38.7 Å². The first-order valence-corrected chi connectivity index (χ1v) is 10.1. The predicted octanol–water partition coefficient (Wildman–Crippen LogP) is 4.45. The Bertz CT molecular complexity index is 1000. The fourth-order valence-electron chi connectivity index (χ4n) is 4.31. The SMILES string of the molecule is CC(C)(C)OC(=O)c1cc(C(=O)c2ccccc2)n2c1C(C(=O)O)(C(C)(C)C)CC2. The van der Waals surface area contributed by atoms with Crippen molar-refractivity contribution >= 4 is 17.7 Å². The number of nitrogens with zero attached hydrogens (tertiary/aromatic N) is 1. The number of aromatic nitrogens is 1. The Morgan fingerprint density at radius 3 is 2.13 bits per heavy atom. The quantitative estimate of drug-likeness (QED) is 0.594. The molecule has 0 spiro atoms. The molecule has 1 unspecified atom stereocenters. The van der Waals surface area contributed by atoms with Crippen LogP contribution in [0.1, 0.15) is 80.1 Å². The standard InChI is InChI=1S/C24H29NO5/c1-22(2,3)24(21(28)29)12-13-25-17(18(26)15-10-8-7-9-11-15)14-16(19(24)25)20(27)30-23(4,5)6/h7-11,14H,12-13H2,1-6H3,(H,28,29). The number of benzene rings is 1. The summed E-state index contributed by atoms with van der Waals surface area (Å²) in [4.78, 5) is 38.9. The zero-order valence-electron chi connectivity index (χ0n) is 18.4. The molecule has 0 aliphatic carbocycles. The Labute approximate surface area is 176 Å². The van der Waals surface area contributed by atoms with Gasteiger partial charge in [-0.1, -0.05) is 51.1 Å². The van der Waals surface area contributed by atoms with Crippen molar-refractivity contribution in [3.8, 4) is 0 Å². The van der Waals surface area contributed by atoms with Crippen molar-refractivity contribution in [3.63, 3.8) is 0 Å². The third kappa shape index (κ3) is 3.44. The number of aliphatic carboxylic acids is 1. The maximum atomic E-state index is 13.2. The summed E-state index contributed by atoms with van der Waals surface area (Å²) in [5.74, 6) is -1.87. The van der Waals surface area contributed by atoms with Gasteiger partial charge in [0, 0.05) is 12.1 Å². The second kappa shape index (κ2) is 7.11. The summed E-state index contributed by atoms with van der Waals surface area (Å²) in [6.45, 7) is 11.2. The van der Waals surface area contributed by atoms with Crippen molar-refractivity contribution < 1.29 is 24.2 Å². The summed E-state index contributed by atoms with van der Waals surface area (Å²) in [5.41, 5.74) is -1.44. The van der Waals surface area contributed by atoms with Crippen LogP contribution in [0.15, 0.2) is 36.4 Å². The minimum Gasteiger partial charge on any atom is -0.481 e. The van der Waals surface area contributed by atoms with E-state index in [0.29, 0.717) is 29.9 Å². The molecule has 0 fully saturated rings. The largest absolute Gasteiger partial charge is 0.481 e. The Balaban J connectivity index is 2.27. The Morgan fingerprint density at radius 2 is 1.63 bits per heavy atom. The Hall–Kier alpha value is -2.89. The van der Waals surface area contributed by atoms with Crippen LogP contribution in [0.2, 0.25) is 0 Å². The molecular weight excluding hydrogens is 382 g/mol. The van der Waals surface area contributed by atoms with Gasteiger partial charge in [-0.2, -0.15) is 0 Å². The lowest BCUT2D eigenvalue weighted by Crippen LogP contribution is -2.46. The van der Waals surface area contributed by atoms with Crippen LogP contribution in [0.3, 0.4) is 0 Å². The van der Waals surface area contributed by atoms with E-state index in [-0.39, 0.29) is 11.3 Å². The van der Waals surface area contributed by atoms with E-state index >= 15 is 0 Å². The molecule has 3 rings (SSSR count). The summed E-state index contributed by atoms with van der Waals surface area (Å²) in [7, 11) is 0. The van der Waals surface area contributed by atoms with Gasteiger partial charge < -0.3 is 14.4 Å². The van der Waals surface area contributed by atoms with Crippen LogP contribution in [0.4, 0.5) is 0 Å². The van der Waals surface area contributed by atoms with Crippen LogP contribution in [-0.2, 0) is 21.5 Å². The molecule has 0 radical (unpaired) electrons. The van der Waals surface area contributed by atoms with Crippen LogP contribution >= 0.6 is 0 Å². The molecule has 6 nitrogen and oxygen atoms in total. The van der Waals surface area contributed by atoms with E-state index in [1.807, 2.05) is 26.8 Å². The zero-order chi connectivity index (χ0) is 22.5. The van der Waals surface area contributed by atoms with E-state index in [1.165, 1.54) is 6.07 Å². The Morgan fingerprint density at radius 1 is 1.03 bits per heavy atom. The summed E-state index contributed by atoms with van der Waals surface area (Å²) in [6.07, 6.45) is 0.298. The maximum absolute atomic E-state index is 13.2. The number of ketones is 1. The van der Waals surface area contributed by atoms with Crippen LogP contribution in [0, 0.1) is 5.41 Å². The first kappa shape index (κ1) is 21.8. The second-order valence-corrected chi connectivity index (χ2v) is 9.85. The molecule has 2 aromatic rings. The number of hydrogen-bond donors (Lipinski definition) is 1. The monoisotopic (exact) mass is 411 g/mol. The lowest BCUT2D eigenvalue weighted by atomic mass is 9.63. The van der Waals surface area contributed by atoms with E-state index in [1.54, 1.807) is 49.6 Å². The van der Waals surface area contributed by atoms with Crippen LogP contribution in [-0.4, -0.2) is 33.0 Å². The Kier molecular flexibility index (Phi) is 5.17. The van der Waals surface area contributed by atoms with Crippen molar-refractivity contribution in [2.24, 2.45) is 5.41 Å². The number of fused-ring (bicyclic) bond motifs is 1. The lowest BCUT2D eigenvalue weighted by molar-refractivity contribution is -0.148. The van der Waals surface area contributed by atoms with Gasteiger partial charge >= 0.3 is 11.9 Å². The number of carbonyl (C=O) groups excluding carboxylic acids is 2. The molecule has 0 amide bonds. The van der Waals surface area contributed by atoms with Crippen molar-refractivity contribution in [2.75, 3.05) is 0 Å². The number of rotatable bonds is 4. The third-order valence-corrected chi connectivity index (χ3v) is 5.74. The van der Waals surface area contributed by atoms with E-state index in [9.17, 15) is 19.5 Å². The van der Waals surface area contributed by atoms with Gasteiger partial charge in [0.2, 0.25) is 5.78 Å². The summed E-state index contributed by atoms with van der Waals surface area (Å²) in [6, 6.07) is 10.3. The number of carbonyl (C=O) groups is 3. The second-order valence-electron chi connectivity index (χ2n) is 9.85. The highest BCUT2D eigenvalue weighted by Crippen LogP contribution is 2.51. The van der Waals surface area contributed by atoms with Gasteiger partial charge in [0.15, 0.2) is 0 Å². The fourth-order valence-corrected chi connectivity index (χ4v) is 4.31. The molecule has 0 saturated heterocycles. The molecule has 1 aliphatic heterocycles. The molecule has 30 heavy (non-hydrogen) atoms. The van der Waals surface area contributed by atoms with Crippen LogP contribution < -0.4 is 0 Å². The van der Waals surface area contributed by atoms with Gasteiger partial charge in [-0.3, -0.25) is 9.59 Å². The normalized spacial score (nSPS) is 18.7. The summed E-state index contributed by atoms with van der Waals surface area (Å²) >= 11 is 0. The summed E-state index contributed by atoms with van der Waals surface area (Å²) in [5, 5.41) is 10.3. The molecule has 0 bridgehead atoms. The van der Waals surface area contributed by atoms with Crippen molar-refractivity contribution in [1.29, 1.82) is 0 Å². The van der Waals surface area contributed by atoms with Gasteiger partial charge in [0.1, 0.15) is 11.0 Å². The number of carboxylic acids is 1. The molecule has 6 heteroatoms. The molecule has 0 saturated carbocycles. The highest BCUT2D eigenvalue weighted by molar-refractivity contribution is 6.10. The minimum absolute atomic E-state index is 0.152. The number of carboxylic acid groups (broad SMARTS) is 1. The van der Waals surface area contributed by atoms with E-state index < -0.39 is 28.4 Å². The topological polar surface area (TPSA) is 85.6 Å². The van der Waals surface area contributed by atoms with Gasteiger partial charge in [0.25, 0.3) is 0 Å². The number of esters is 1. The maximum Gasteiger partial charge on any atom is 0.340 e. The predicted molar refractivity (Wildman–Crippen MR) is 113 cm³/mol. The molecule has 160 valence electrons. The number of ether oxygens (including phenoxy) is 1. The first-order valence-electron chi connectivity index (χ1n) is 10.1. The summed E-state index contributed by atoms with van der Waals surface area (Å²) < 4.78 is 7.28. The zero-order valence-corrected chi connectivity index (χ0v) is 18.4.